The van der Waals surface area contributed by atoms with Crippen molar-refractivity contribution in [2.75, 3.05) is 19.8 Å². The van der Waals surface area contributed by atoms with Crippen LogP contribution in [0, 0.1) is 5.92 Å². The van der Waals surface area contributed by atoms with Crippen LogP contribution in [-0.4, -0.2) is 41.8 Å². The molecule has 0 spiro atoms. The average Bonchev–Trinajstić information content (AvgIpc) is 3.03. The predicted molar refractivity (Wildman–Crippen MR) is 77.6 cm³/mol. The predicted octanol–water partition coefficient (Wildman–Crippen LogP) is 2.91. The van der Waals surface area contributed by atoms with Crippen molar-refractivity contribution < 1.29 is 19.1 Å². The van der Waals surface area contributed by atoms with E-state index in [0.717, 1.165) is 18.7 Å². The lowest BCUT2D eigenvalue weighted by molar-refractivity contribution is -0.143. The molecular formula is C14H20BrNO4. The Balaban J connectivity index is 2.19. The summed E-state index contributed by atoms with van der Waals surface area (Å²) in [6, 6.07) is 3.69. The maximum absolute atomic E-state index is 11.3. The monoisotopic (exact) mass is 345 g/mol. The van der Waals surface area contributed by atoms with Gasteiger partial charge in [0.05, 0.1) is 25.2 Å². The zero-order valence-electron chi connectivity index (χ0n) is 11.7. The molecule has 2 rings (SSSR count). The van der Waals surface area contributed by atoms with E-state index in [9.17, 15) is 9.90 Å². The second-order valence-electron chi connectivity index (χ2n) is 5.11. The zero-order chi connectivity index (χ0) is 14.7. The first-order valence-corrected chi connectivity index (χ1v) is 7.65. The average molecular weight is 346 g/mol. The standard InChI is InChI=1S/C14H20BrNO4/c1-3-6-16(9(2)12-4-5-13(15)20-12)11-8-19-7-10(11)14(17)18/h4-5,9-11H,3,6-8H2,1-2H3,(H,17,18). The van der Waals surface area contributed by atoms with E-state index in [1.54, 1.807) is 0 Å². The van der Waals surface area contributed by atoms with Gasteiger partial charge in [0.15, 0.2) is 4.67 Å². The maximum atomic E-state index is 11.3. The summed E-state index contributed by atoms with van der Waals surface area (Å²) < 4.78 is 11.7. The van der Waals surface area contributed by atoms with Gasteiger partial charge in [-0.1, -0.05) is 6.92 Å². The molecule has 0 aliphatic carbocycles. The topological polar surface area (TPSA) is 62.9 Å². The Hall–Kier alpha value is -0.850. The first-order chi connectivity index (χ1) is 9.54. The van der Waals surface area contributed by atoms with Gasteiger partial charge < -0.3 is 14.3 Å². The fourth-order valence-electron chi connectivity index (χ4n) is 2.73. The normalized spacial score (nSPS) is 24.2. The molecule has 1 aliphatic heterocycles. The van der Waals surface area contributed by atoms with Crippen LogP contribution < -0.4 is 0 Å². The van der Waals surface area contributed by atoms with Crippen LogP contribution in [0.1, 0.15) is 32.1 Å². The van der Waals surface area contributed by atoms with E-state index in [0.29, 0.717) is 11.3 Å². The molecule has 112 valence electrons. The smallest absolute Gasteiger partial charge is 0.310 e. The number of carboxylic acids is 1. The molecule has 2 heterocycles. The summed E-state index contributed by atoms with van der Waals surface area (Å²) in [7, 11) is 0. The number of hydrogen-bond donors (Lipinski definition) is 1. The Kier molecular flexibility index (Phi) is 5.23. The third kappa shape index (κ3) is 3.24. The molecule has 1 saturated heterocycles. The van der Waals surface area contributed by atoms with E-state index < -0.39 is 11.9 Å². The number of carboxylic acid groups (broad SMARTS) is 1. The van der Waals surface area contributed by atoms with E-state index in [1.807, 2.05) is 19.1 Å². The van der Waals surface area contributed by atoms with Crippen molar-refractivity contribution in [1.82, 2.24) is 4.90 Å². The van der Waals surface area contributed by atoms with Gasteiger partial charge in [0.25, 0.3) is 0 Å². The Bertz CT molecular complexity index is 462. The van der Waals surface area contributed by atoms with Crippen LogP contribution >= 0.6 is 15.9 Å². The highest BCUT2D eigenvalue weighted by Gasteiger charge is 2.40. The van der Waals surface area contributed by atoms with Gasteiger partial charge in [-0.25, -0.2) is 0 Å². The molecule has 0 amide bonds. The van der Waals surface area contributed by atoms with Gasteiger partial charge in [-0.15, -0.1) is 0 Å². The van der Waals surface area contributed by atoms with E-state index in [2.05, 4.69) is 27.8 Å². The van der Waals surface area contributed by atoms with Crippen molar-refractivity contribution in [3.8, 4) is 0 Å². The van der Waals surface area contributed by atoms with Crippen LogP contribution in [0.25, 0.3) is 0 Å². The number of halogens is 1. The molecule has 5 nitrogen and oxygen atoms in total. The molecule has 20 heavy (non-hydrogen) atoms. The van der Waals surface area contributed by atoms with Crippen molar-refractivity contribution in [1.29, 1.82) is 0 Å². The SMILES string of the molecule is CCCN(C(C)c1ccc(Br)o1)C1COCC1C(=O)O. The number of aliphatic carboxylic acids is 1. The van der Waals surface area contributed by atoms with Crippen LogP contribution in [0.4, 0.5) is 0 Å². The number of rotatable bonds is 6. The fraction of sp³-hybridized carbons (Fsp3) is 0.643. The Morgan fingerprint density at radius 2 is 2.30 bits per heavy atom. The minimum absolute atomic E-state index is 0.0230. The number of ether oxygens (including phenoxy) is 1. The van der Waals surface area contributed by atoms with E-state index >= 15 is 0 Å². The first kappa shape index (κ1) is 15.5. The second-order valence-corrected chi connectivity index (χ2v) is 5.89. The van der Waals surface area contributed by atoms with Crippen molar-refractivity contribution in [2.45, 2.75) is 32.4 Å². The molecular weight excluding hydrogens is 326 g/mol. The Morgan fingerprint density at radius 1 is 1.55 bits per heavy atom. The van der Waals surface area contributed by atoms with E-state index in [1.165, 1.54) is 0 Å². The summed E-state index contributed by atoms with van der Waals surface area (Å²) >= 11 is 3.30. The van der Waals surface area contributed by atoms with E-state index in [4.69, 9.17) is 9.15 Å². The number of furan rings is 1. The van der Waals surface area contributed by atoms with Crippen molar-refractivity contribution in [3.63, 3.8) is 0 Å². The lowest BCUT2D eigenvalue weighted by atomic mass is 10.00. The number of carbonyl (C=O) groups is 1. The molecule has 0 saturated carbocycles. The van der Waals surface area contributed by atoms with Crippen LogP contribution in [0.15, 0.2) is 21.2 Å². The van der Waals surface area contributed by atoms with Gasteiger partial charge in [0.1, 0.15) is 5.76 Å². The largest absolute Gasteiger partial charge is 0.481 e. The molecule has 3 unspecified atom stereocenters. The Labute approximate surface area is 127 Å². The molecule has 1 N–H and O–H groups in total. The van der Waals surface area contributed by atoms with Gasteiger partial charge >= 0.3 is 5.97 Å². The molecule has 6 heteroatoms. The molecule has 3 atom stereocenters. The fourth-order valence-corrected chi connectivity index (χ4v) is 3.05. The maximum Gasteiger partial charge on any atom is 0.310 e. The summed E-state index contributed by atoms with van der Waals surface area (Å²) in [6.07, 6.45) is 0.953. The number of nitrogens with zero attached hydrogens (tertiary/aromatic N) is 1. The van der Waals surface area contributed by atoms with Crippen molar-refractivity contribution >= 4 is 21.9 Å². The summed E-state index contributed by atoms with van der Waals surface area (Å²) in [4.78, 5) is 13.5. The minimum Gasteiger partial charge on any atom is -0.481 e. The van der Waals surface area contributed by atoms with Crippen LogP contribution in [0.3, 0.4) is 0 Å². The summed E-state index contributed by atoms with van der Waals surface area (Å²) in [5.74, 6) is -0.426. The molecule has 0 bridgehead atoms. The van der Waals surface area contributed by atoms with Gasteiger partial charge in [0, 0.05) is 6.04 Å². The zero-order valence-corrected chi connectivity index (χ0v) is 13.3. The second kappa shape index (κ2) is 6.74. The van der Waals surface area contributed by atoms with Gasteiger partial charge in [0.2, 0.25) is 0 Å². The van der Waals surface area contributed by atoms with Crippen molar-refractivity contribution in [2.24, 2.45) is 5.92 Å². The van der Waals surface area contributed by atoms with Gasteiger partial charge in [-0.3, -0.25) is 9.69 Å². The molecule has 0 aromatic carbocycles. The molecule has 1 fully saturated rings. The minimum atomic E-state index is -0.790. The summed E-state index contributed by atoms with van der Waals surface area (Å²) in [6.45, 7) is 5.69. The molecule has 0 radical (unpaired) electrons. The lowest BCUT2D eigenvalue weighted by Gasteiger charge is -2.34. The molecule has 1 aromatic heterocycles. The first-order valence-electron chi connectivity index (χ1n) is 6.86. The molecule has 1 aromatic rings. The highest BCUT2D eigenvalue weighted by atomic mass is 79.9. The lowest BCUT2D eigenvalue weighted by Crippen LogP contribution is -2.44. The quantitative estimate of drug-likeness (QED) is 0.858. The van der Waals surface area contributed by atoms with Crippen molar-refractivity contribution in [3.05, 3.63) is 22.6 Å². The van der Waals surface area contributed by atoms with Gasteiger partial charge in [-0.2, -0.15) is 0 Å². The van der Waals surface area contributed by atoms with Crippen LogP contribution in [-0.2, 0) is 9.53 Å². The third-order valence-electron chi connectivity index (χ3n) is 3.78. The Morgan fingerprint density at radius 3 is 2.85 bits per heavy atom. The van der Waals surface area contributed by atoms with Gasteiger partial charge in [-0.05, 0) is 48.0 Å². The van der Waals surface area contributed by atoms with E-state index in [-0.39, 0.29) is 18.7 Å². The number of hydrogen-bond acceptors (Lipinski definition) is 4. The van der Waals surface area contributed by atoms with Crippen LogP contribution in [0.5, 0.6) is 0 Å². The molecule has 1 aliphatic rings. The third-order valence-corrected chi connectivity index (χ3v) is 4.20. The van der Waals surface area contributed by atoms with Crippen LogP contribution in [0.2, 0.25) is 0 Å². The summed E-state index contributed by atoms with van der Waals surface area (Å²) in [5, 5.41) is 9.32. The highest BCUT2D eigenvalue weighted by molar-refractivity contribution is 9.10. The summed E-state index contributed by atoms with van der Waals surface area (Å²) in [5.41, 5.74) is 0. The highest BCUT2D eigenvalue weighted by Crippen LogP contribution is 2.31.